The fourth-order valence-corrected chi connectivity index (χ4v) is 2.28. The molecule has 0 unspecified atom stereocenters. The van der Waals surface area contributed by atoms with E-state index < -0.39 is 0 Å². The fraction of sp³-hybridized carbons (Fsp3) is 0.222. The maximum absolute atomic E-state index is 11.7. The van der Waals surface area contributed by atoms with Crippen LogP contribution in [0.2, 0.25) is 0 Å². The third-order valence-corrected chi connectivity index (χ3v) is 3.85. The zero-order chi connectivity index (χ0) is 16.5. The van der Waals surface area contributed by atoms with Crippen molar-refractivity contribution in [2.45, 2.75) is 11.8 Å². The van der Waals surface area contributed by atoms with E-state index in [1.807, 2.05) is 49.6 Å². The molecule has 2 aromatic rings. The van der Waals surface area contributed by atoms with Gasteiger partial charge in [-0.1, -0.05) is 6.07 Å². The molecule has 120 valence electrons. The first-order valence-corrected chi connectivity index (χ1v) is 8.44. The summed E-state index contributed by atoms with van der Waals surface area (Å²) in [6.07, 6.45) is 6.89. The van der Waals surface area contributed by atoms with Crippen LogP contribution in [0.1, 0.15) is 12.5 Å². The van der Waals surface area contributed by atoms with Crippen molar-refractivity contribution >= 4 is 23.3 Å². The monoisotopic (exact) mass is 329 g/mol. The zero-order valence-corrected chi connectivity index (χ0v) is 14.0. The number of carbonyl (C=O) groups is 1. The van der Waals surface area contributed by atoms with E-state index in [9.17, 15) is 4.79 Å². The van der Waals surface area contributed by atoms with Crippen molar-refractivity contribution in [1.29, 1.82) is 0 Å². The Hall–Kier alpha value is -2.27. The molecule has 2 rings (SSSR count). The lowest BCUT2D eigenvalue weighted by Gasteiger charge is -2.07. The van der Waals surface area contributed by atoms with E-state index in [2.05, 4.69) is 4.98 Å². The van der Waals surface area contributed by atoms with Crippen molar-refractivity contribution in [3.8, 4) is 5.75 Å². The zero-order valence-electron chi connectivity index (χ0n) is 13.2. The normalized spacial score (nSPS) is 11.1. The molecule has 0 bridgehead atoms. The molecule has 1 heterocycles. The summed E-state index contributed by atoms with van der Waals surface area (Å²) < 4.78 is 10.7. The van der Waals surface area contributed by atoms with E-state index in [4.69, 9.17) is 9.47 Å². The van der Waals surface area contributed by atoms with Gasteiger partial charge in [-0.25, -0.2) is 4.79 Å². The van der Waals surface area contributed by atoms with Crippen molar-refractivity contribution in [1.82, 2.24) is 4.98 Å². The van der Waals surface area contributed by atoms with Gasteiger partial charge in [0.2, 0.25) is 0 Å². The summed E-state index contributed by atoms with van der Waals surface area (Å²) >= 11 is 1.68. The number of benzene rings is 1. The summed E-state index contributed by atoms with van der Waals surface area (Å²) in [4.78, 5) is 16.9. The number of nitrogens with zero attached hydrogens (tertiary/aromatic N) is 1. The highest BCUT2D eigenvalue weighted by Crippen LogP contribution is 2.18. The van der Waals surface area contributed by atoms with Crippen molar-refractivity contribution in [3.63, 3.8) is 0 Å². The number of thioether (sulfide) groups is 1. The molecular weight excluding hydrogens is 310 g/mol. The van der Waals surface area contributed by atoms with E-state index in [1.54, 1.807) is 24.2 Å². The average Bonchev–Trinajstić information content (AvgIpc) is 2.60. The van der Waals surface area contributed by atoms with Crippen LogP contribution in [0.25, 0.3) is 5.57 Å². The van der Waals surface area contributed by atoms with Crippen LogP contribution in [0.15, 0.2) is 59.8 Å². The van der Waals surface area contributed by atoms with Gasteiger partial charge in [-0.2, -0.15) is 0 Å². The summed E-state index contributed by atoms with van der Waals surface area (Å²) in [5.74, 6) is 0.383. The van der Waals surface area contributed by atoms with Crippen LogP contribution in [0.5, 0.6) is 5.75 Å². The second-order valence-electron chi connectivity index (χ2n) is 4.76. The lowest BCUT2D eigenvalue weighted by atomic mass is 10.1. The second-order valence-corrected chi connectivity index (χ2v) is 5.64. The molecule has 0 radical (unpaired) electrons. The summed E-state index contributed by atoms with van der Waals surface area (Å²) in [5, 5.41) is 0. The van der Waals surface area contributed by atoms with Crippen LogP contribution in [0.4, 0.5) is 0 Å². The molecule has 0 aliphatic carbocycles. The summed E-state index contributed by atoms with van der Waals surface area (Å²) in [6.45, 7) is 2.38. The van der Waals surface area contributed by atoms with E-state index in [0.29, 0.717) is 6.61 Å². The molecule has 1 aromatic heterocycles. The molecular formula is C18H19NO3S. The first-order chi connectivity index (χ1) is 11.2. The molecule has 0 amide bonds. The summed E-state index contributed by atoms with van der Waals surface area (Å²) in [7, 11) is 0. The van der Waals surface area contributed by atoms with Gasteiger partial charge in [0.15, 0.2) is 0 Å². The van der Waals surface area contributed by atoms with Gasteiger partial charge in [0.25, 0.3) is 0 Å². The second kappa shape index (κ2) is 9.00. The largest absolute Gasteiger partial charge is 0.490 e. The molecule has 0 aliphatic heterocycles. The van der Waals surface area contributed by atoms with Gasteiger partial charge >= 0.3 is 5.97 Å². The number of rotatable bonds is 7. The minimum Gasteiger partial charge on any atom is -0.490 e. The van der Waals surface area contributed by atoms with Gasteiger partial charge in [-0.15, -0.1) is 11.8 Å². The summed E-state index contributed by atoms with van der Waals surface area (Å²) in [5.41, 5.74) is 1.71. The minimum atomic E-state index is -0.382. The first kappa shape index (κ1) is 17.1. The van der Waals surface area contributed by atoms with Gasteiger partial charge in [-0.05, 0) is 54.6 Å². The number of ether oxygens (including phenoxy) is 2. The molecule has 0 fully saturated rings. The topological polar surface area (TPSA) is 48.4 Å². The molecule has 0 aliphatic rings. The maximum atomic E-state index is 11.7. The van der Waals surface area contributed by atoms with E-state index in [1.165, 1.54) is 11.0 Å². The van der Waals surface area contributed by atoms with Gasteiger partial charge in [0.1, 0.15) is 19.0 Å². The predicted molar refractivity (Wildman–Crippen MR) is 92.6 cm³/mol. The van der Waals surface area contributed by atoms with E-state index in [0.717, 1.165) is 16.9 Å². The lowest BCUT2D eigenvalue weighted by Crippen LogP contribution is -2.10. The number of hydrogen-bond donors (Lipinski definition) is 0. The van der Waals surface area contributed by atoms with Crippen molar-refractivity contribution in [2.24, 2.45) is 0 Å². The average molecular weight is 329 g/mol. The van der Waals surface area contributed by atoms with Crippen LogP contribution >= 0.6 is 11.8 Å². The molecule has 0 N–H and O–H groups in total. The van der Waals surface area contributed by atoms with Crippen molar-refractivity contribution < 1.29 is 14.3 Å². The number of aromatic nitrogens is 1. The van der Waals surface area contributed by atoms with Gasteiger partial charge in [0.05, 0.1) is 0 Å². The number of allylic oxidation sites excluding steroid dienone is 1. The Kier molecular flexibility index (Phi) is 6.69. The van der Waals surface area contributed by atoms with E-state index >= 15 is 0 Å². The first-order valence-electron chi connectivity index (χ1n) is 7.21. The van der Waals surface area contributed by atoms with Crippen LogP contribution in [0.3, 0.4) is 0 Å². The molecule has 4 nitrogen and oxygen atoms in total. The minimum absolute atomic E-state index is 0.208. The number of hydrogen-bond acceptors (Lipinski definition) is 5. The quantitative estimate of drug-likeness (QED) is 0.334. The standard InChI is InChI=1S/C18H19NO3S/c1-14(15-4-3-9-19-13-15)12-18(20)22-11-10-21-16-5-7-17(23-2)8-6-16/h3-9,12-13H,10-11H2,1-2H3/b14-12+. The predicted octanol–water partition coefficient (Wildman–Crippen LogP) is 3.83. The Morgan fingerprint density at radius 2 is 2.00 bits per heavy atom. The Labute approximate surface area is 140 Å². The molecule has 0 atom stereocenters. The van der Waals surface area contributed by atoms with Crippen LogP contribution in [0, 0.1) is 0 Å². The molecule has 1 aromatic carbocycles. The van der Waals surface area contributed by atoms with E-state index in [-0.39, 0.29) is 12.6 Å². The maximum Gasteiger partial charge on any atom is 0.331 e. The molecule has 0 saturated heterocycles. The Balaban J connectivity index is 1.74. The molecule has 0 saturated carbocycles. The molecule has 23 heavy (non-hydrogen) atoms. The highest BCUT2D eigenvalue weighted by Gasteiger charge is 2.02. The number of esters is 1. The summed E-state index contributed by atoms with van der Waals surface area (Å²) in [6, 6.07) is 11.5. The highest BCUT2D eigenvalue weighted by atomic mass is 32.2. The fourth-order valence-electron chi connectivity index (χ4n) is 1.87. The van der Waals surface area contributed by atoms with Crippen molar-refractivity contribution in [3.05, 3.63) is 60.4 Å². The van der Waals surface area contributed by atoms with Gasteiger partial charge < -0.3 is 9.47 Å². The van der Waals surface area contributed by atoms with Crippen LogP contribution < -0.4 is 4.74 Å². The lowest BCUT2D eigenvalue weighted by molar-refractivity contribution is -0.138. The van der Waals surface area contributed by atoms with Crippen LogP contribution in [-0.2, 0) is 9.53 Å². The Morgan fingerprint density at radius 3 is 2.65 bits per heavy atom. The van der Waals surface area contributed by atoms with Gasteiger partial charge in [0, 0.05) is 23.4 Å². The number of carbonyl (C=O) groups excluding carboxylic acids is 1. The number of pyridine rings is 1. The van der Waals surface area contributed by atoms with Crippen LogP contribution in [-0.4, -0.2) is 30.4 Å². The smallest absolute Gasteiger partial charge is 0.331 e. The Morgan fingerprint density at radius 1 is 1.22 bits per heavy atom. The molecule has 5 heteroatoms. The highest BCUT2D eigenvalue weighted by molar-refractivity contribution is 7.98. The SMILES string of the molecule is CSc1ccc(OCCOC(=O)/C=C(\C)c2cccnc2)cc1. The third kappa shape index (κ3) is 5.79. The Bertz CT molecular complexity index is 654. The van der Waals surface area contributed by atoms with Gasteiger partial charge in [-0.3, -0.25) is 4.98 Å². The van der Waals surface area contributed by atoms with Crippen molar-refractivity contribution in [2.75, 3.05) is 19.5 Å². The third-order valence-electron chi connectivity index (χ3n) is 3.11. The molecule has 0 spiro atoms.